The predicted molar refractivity (Wildman–Crippen MR) is 589 cm³/mol. The van der Waals surface area contributed by atoms with Crippen molar-refractivity contribution in [1.82, 2.24) is 0 Å². The lowest BCUT2D eigenvalue weighted by atomic mass is 9.42. The van der Waals surface area contributed by atoms with Gasteiger partial charge in [0.15, 0.2) is 33.8 Å². The minimum atomic E-state index is -0.684. The number of nitrogens with two attached hydrogens (primary N) is 1. The van der Waals surface area contributed by atoms with E-state index in [2.05, 4.69) is 121 Å². The Bertz CT molecular complexity index is 4370. The Kier molecular flexibility index (Phi) is 36.9. The van der Waals surface area contributed by atoms with Gasteiger partial charge in [0.2, 0.25) is 0 Å². The maximum absolute atomic E-state index is 11.6. The molecule has 0 radical (unpaired) electrons. The number of carbonyl (C=O) groups is 5. The molecule has 0 saturated heterocycles. The standard InChI is InChI=1S/C26H43O2P.C25H40N3O2P.C25H42NO2P.C25H41O3P.C24H40O4/c1-16(6-7-18(3)27)21-8-9-22-24-17(2)14-19-15-20(29-28)10-12-25(19,4)23(24)11-13-26(21,22)5;1-15(5-6-16(2)29)19-7-8-20-23-21(10-12-25(19,20)4)24(3)11-9-18(31-30)13-17(24)14-22(23)27-28-26;1-15(5-6-16(2)27)19-7-8-20-23-21(10-12-25(19,20)4)24(3)11-9-18(29-28)13-17(24)14-22(23)26;1-15(5-6-16(2)26)19-7-8-20-23-21(10-12-25(19,20)4)24(3)11-9-18(29-28)13-17(24)14-22(23)27;1-14(4-7-21(27)28)17-5-6-18-22-19(9-11-24(17,18)3)23(2)10-8-16(25)12-15(23)13-20(22)26/h16-17,19-24H,6-15H2,1-5H3;15,17-23H,5-14H2,1-4H3;15,17-23H,5-14,26H2,1-4H3;15,17-23,27H,5-14H2,1-4H3;14-20,22,25-26H,4-13H2,1-3H3,(H,27,28)/t16-,17-,19?,20-,21-,22?,23?,24?,25+,26-;2*15-,17?,18-,19-,20?,21?,22+,23?,24+,25-;15-,17?,18-,19-,20?,21?,22-,23?,24+,25-;14-,15?,16-,17-,18?,19?,20-,22?,23+,24-/m11111/s1. The molecule has 20 aliphatic carbocycles. The smallest absolute Gasteiger partial charge is 0.303 e. The van der Waals surface area contributed by atoms with E-state index in [0.29, 0.717) is 266 Å². The molecule has 824 valence electrons. The van der Waals surface area contributed by atoms with Gasteiger partial charge >= 0.3 is 5.97 Å². The number of nitrogens with zero attached hydrogens (tertiary/aromatic N) is 3. The summed E-state index contributed by atoms with van der Waals surface area (Å²) < 4.78 is 46.2. The third kappa shape index (κ3) is 21.8. The monoisotopic (exact) mass is 2100 g/mol. The van der Waals surface area contributed by atoms with Crippen molar-refractivity contribution in [2.24, 2.45) is 248 Å². The summed E-state index contributed by atoms with van der Waals surface area (Å²) in [6, 6.07) is 0.405. The summed E-state index contributed by atoms with van der Waals surface area (Å²) in [4.78, 5) is 60.5. The minimum absolute atomic E-state index is 0.0889. The zero-order valence-corrected chi connectivity index (χ0v) is 98.7. The van der Waals surface area contributed by atoms with Crippen LogP contribution in [-0.2, 0) is 42.2 Å². The molecule has 0 heterocycles. The van der Waals surface area contributed by atoms with Crippen molar-refractivity contribution in [2.45, 2.75) is 513 Å². The summed E-state index contributed by atoms with van der Waals surface area (Å²) in [5, 5.41) is 46.3. The van der Waals surface area contributed by atoms with E-state index in [4.69, 9.17) is 10.8 Å². The van der Waals surface area contributed by atoms with Gasteiger partial charge in [0, 0.05) is 71.7 Å². The number of ketones is 4. The number of carboxylic acid groups (broad SMARTS) is 1. The lowest BCUT2D eigenvalue weighted by Crippen LogP contribution is -2.60. The van der Waals surface area contributed by atoms with E-state index in [1.54, 1.807) is 27.7 Å². The quantitative estimate of drug-likeness (QED) is 0.0246. The van der Waals surface area contributed by atoms with E-state index >= 15 is 0 Å². The van der Waals surface area contributed by atoms with Gasteiger partial charge in [-0.3, -0.25) is 23.1 Å². The van der Waals surface area contributed by atoms with Crippen molar-refractivity contribution in [3.63, 3.8) is 0 Å². The molecular formula is C125H206N4O13P4. The van der Waals surface area contributed by atoms with Crippen molar-refractivity contribution in [2.75, 3.05) is 0 Å². The molecule has 20 fully saturated rings. The summed E-state index contributed by atoms with van der Waals surface area (Å²) >= 11 is 0. The molecule has 0 aliphatic heterocycles. The Morgan fingerprint density at radius 2 is 0.562 bits per heavy atom. The van der Waals surface area contributed by atoms with Gasteiger partial charge in [-0.2, -0.15) is 0 Å². The molecule has 0 bridgehead atoms. The van der Waals surface area contributed by atoms with Crippen LogP contribution in [0.1, 0.15) is 460 Å². The van der Waals surface area contributed by atoms with Crippen LogP contribution in [-0.4, -0.2) is 103 Å². The molecular weight excluding hydrogens is 1890 g/mol. The summed E-state index contributed by atoms with van der Waals surface area (Å²) in [5.41, 5.74) is 21.3. The number of aliphatic hydroxyl groups excluding tert-OH is 3. The van der Waals surface area contributed by atoms with E-state index in [1.807, 2.05) is 0 Å². The lowest BCUT2D eigenvalue weighted by molar-refractivity contribution is -0.174. The van der Waals surface area contributed by atoms with Gasteiger partial charge in [-0.15, -0.1) is 0 Å². The zero-order chi connectivity index (χ0) is 106. The van der Waals surface area contributed by atoms with E-state index in [9.17, 15) is 63.1 Å². The molecule has 0 aromatic carbocycles. The van der Waals surface area contributed by atoms with Crippen LogP contribution in [0.15, 0.2) is 5.11 Å². The van der Waals surface area contributed by atoms with Crippen LogP contribution in [0, 0.1) is 238 Å². The predicted octanol–water partition coefficient (Wildman–Crippen LogP) is 32.2. The second-order valence-corrected chi connectivity index (χ2v) is 62.9. The second-order valence-electron chi connectivity index (χ2n) is 59.2. The Hall–Kier alpha value is -2.30. The molecule has 20 rings (SSSR count). The average Bonchev–Trinajstić information content (AvgIpc) is 1.47. The van der Waals surface area contributed by atoms with Crippen molar-refractivity contribution in [1.29, 1.82) is 0 Å². The molecule has 17 nitrogen and oxygen atoms in total. The van der Waals surface area contributed by atoms with Crippen LogP contribution < -0.4 is 5.73 Å². The second kappa shape index (κ2) is 46.3. The fraction of sp³-hybridized carbons (Fsp3) is 0.960. The molecule has 0 aromatic rings. The van der Waals surface area contributed by atoms with Crippen LogP contribution in [0.5, 0.6) is 0 Å². The highest BCUT2D eigenvalue weighted by molar-refractivity contribution is 7.25. The normalized spacial score (nSPS) is 50.1. The number of hydrogen-bond acceptors (Lipinski definition) is 14. The van der Waals surface area contributed by atoms with E-state index in [0.717, 1.165) is 182 Å². The zero-order valence-electron chi connectivity index (χ0n) is 95.1. The Morgan fingerprint density at radius 3 is 0.877 bits per heavy atom. The first-order chi connectivity index (χ1) is 69.0. The van der Waals surface area contributed by atoms with Crippen LogP contribution in [0.3, 0.4) is 0 Å². The van der Waals surface area contributed by atoms with Crippen LogP contribution >= 0.6 is 33.8 Å². The van der Waals surface area contributed by atoms with Crippen LogP contribution in [0.2, 0.25) is 0 Å². The Morgan fingerprint density at radius 1 is 0.315 bits per heavy atom. The molecule has 146 heavy (non-hydrogen) atoms. The van der Waals surface area contributed by atoms with E-state index in [-0.39, 0.29) is 47.3 Å². The van der Waals surface area contributed by atoms with E-state index in [1.165, 1.54) is 173 Å². The number of fused-ring (bicyclic) bond motifs is 25. The number of hydrogen-bond donors (Lipinski definition) is 5. The van der Waals surface area contributed by atoms with Gasteiger partial charge in [-0.25, -0.2) is 0 Å². The van der Waals surface area contributed by atoms with Gasteiger partial charge < -0.3 is 45.3 Å². The molecule has 0 amide bonds. The Balaban J connectivity index is 0.000000131. The van der Waals surface area contributed by atoms with Gasteiger partial charge in [-0.05, 0) is 560 Å². The fourth-order valence-corrected chi connectivity index (χ4v) is 47.3. The molecule has 50 atom stereocenters. The SMILES string of the molecule is CC(=O)CC[C@@H](C)[C@H]1CCC2C3C(CC[C@@]21C)[C@@]1(C)CC[C@@H](P=O)CC1C[C@@H]3N.CC(=O)CC[C@@H](C)[C@H]1CCC2C3C(CC[C@@]21C)[C@@]1(C)CC[C@@H](P=O)CC1C[C@@H]3N=[N+]=[N-].CC(=O)CC[C@@H](C)[C@H]1CCC2C3C(CC[C@@]21C)[C@@]1(C)CC[C@@H](P=O)CC1C[C@H]3C.CC(=O)CC[C@@H](C)[C@H]1CCC2C3C(CC[C@@]21C)[C@@]1(C)CC[C@@H](P=O)CC1C[C@H]3O.C[C@H](CCC(=O)O)[C@H]1CCC2C3C(CC[C@@]21C)[C@@]1(C)CC[C@@H](O)CC1C[C@H]3O. The number of azide groups is 1. The number of Topliss-reactive ketones (excluding diaryl/α,β-unsaturated/α-hetero) is 4. The van der Waals surface area contributed by atoms with E-state index < -0.39 is 5.97 Å². The minimum Gasteiger partial charge on any atom is -0.481 e. The summed E-state index contributed by atoms with van der Waals surface area (Å²) in [5.74, 6) is 20.7. The van der Waals surface area contributed by atoms with Crippen molar-refractivity contribution >= 4 is 62.9 Å². The number of aliphatic carboxylic acids is 1. The van der Waals surface area contributed by atoms with Crippen molar-refractivity contribution in [3.8, 4) is 0 Å². The molecule has 0 spiro atoms. The highest BCUT2D eigenvalue weighted by Gasteiger charge is 2.70. The first-order valence-electron chi connectivity index (χ1n) is 61.4. The third-order valence-corrected chi connectivity index (χ3v) is 56.0. The number of aliphatic hydroxyl groups is 3. The fourth-order valence-electron chi connectivity index (χ4n) is 45.0. The maximum atomic E-state index is 11.6. The first-order valence-corrected chi connectivity index (χ1v) is 64.9. The van der Waals surface area contributed by atoms with Crippen LogP contribution in [0.25, 0.3) is 10.4 Å². The lowest BCUT2D eigenvalue weighted by Gasteiger charge is -2.63. The first kappa shape index (κ1) is 116. The molecule has 20 saturated carbocycles. The molecule has 6 N–H and O–H groups in total. The topological polar surface area (TPSA) is 309 Å². The van der Waals surface area contributed by atoms with Crippen molar-refractivity contribution in [3.05, 3.63) is 10.4 Å². The average molecular weight is 2100 g/mol. The Labute approximate surface area is 891 Å². The van der Waals surface area contributed by atoms with Gasteiger partial charge in [0.25, 0.3) is 0 Å². The van der Waals surface area contributed by atoms with Gasteiger partial charge in [0.05, 0.1) is 18.3 Å². The molecule has 20 aliphatic rings. The third-order valence-electron chi connectivity index (χ3n) is 52.9. The molecule has 0 aromatic heterocycles. The van der Waals surface area contributed by atoms with Gasteiger partial charge in [0.1, 0.15) is 23.1 Å². The number of rotatable bonds is 25. The highest BCUT2D eigenvalue weighted by Crippen LogP contribution is 2.77. The number of carboxylic acids is 1. The van der Waals surface area contributed by atoms with Crippen LogP contribution in [0.4, 0.5) is 0 Å². The number of carbonyl (C=O) groups excluding carboxylic acids is 4. The molecule has 21 heteroatoms. The maximum Gasteiger partial charge on any atom is 0.303 e. The summed E-state index contributed by atoms with van der Waals surface area (Å²) in [6.45, 7) is 46.6. The molecule has 20 unspecified atom stereocenters. The summed E-state index contributed by atoms with van der Waals surface area (Å²) in [7, 11) is 1.35. The van der Waals surface area contributed by atoms with Gasteiger partial charge in [-0.1, -0.05) is 116 Å². The van der Waals surface area contributed by atoms with Crippen molar-refractivity contribution < 1.29 is 62.7 Å². The largest absolute Gasteiger partial charge is 0.481 e. The summed E-state index contributed by atoms with van der Waals surface area (Å²) in [6.07, 6.45) is 55.2. The highest BCUT2D eigenvalue weighted by atomic mass is 31.1.